The van der Waals surface area contributed by atoms with Gasteiger partial charge in [0.25, 0.3) is 0 Å². The fourth-order valence-electron chi connectivity index (χ4n) is 3.44. The number of nitrogens with zero attached hydrogens (tertiary/aromatic N) is 2. The second-order valence-electron chi connectivity index (χ2n) is 5.87. The Bertz CT molecular complexity index is 312. The third kappa shape index (κ3) is 3.03. The first-order chi connectivity index (χ1) is 9.34. The van der Waals surface area contributed by atoms with Crippen molar-refractivity contribution in [2.45, 2.75) is 44.2 Å². The fourth-order valence-corrected chi connectivity index (χ4v) is 3.44. The molecule has 108 valence electrons. The summed E-state index contributed by atoms with van der Waals surface area (Å²) >= 11 is 0. The zero-order valence-corrected chi connectivity index (χ0v) is 11.6. The van der Waals surface area contributed by atoms with Gasteiger partial charge in [-0.05, 0) is 45.2 Å². The predicted octanol–water partition coefficient (Wildman–Crippen LogP) is 1.05. The van der Waals surface area contributed by atoms with E-state index in [4.69, 9.17) is 4.74 Å². The SMILES string of the molecule is O=C1N(CCC2CCCO2)CCN1C1CCNCC1. The summed E-state index contributed by atoms with van der Waals surface area (Å²) in [7, 11) is 0. The highest BCUT2D eigenvalue weighted by molar-refractivity contribution is 5.76. The highest BCUT2D eigenvalue weighted by Gasteiger charge is 2.34. The summed E-state index contributed by atoms with van der Waals surface area (Å²) in [6.45, 7) is 5.67. The van der Waals surface area contributed by atoms with Crippen molar-refractivity contribution >= 4 is 6.03 Å². The average Bonchev–Trinajstić information content (AvgIpc) is 3.07. The van der Waals surface area contributed by atoms with Crippen LogP contribution in [0, 0.1) is 0 Å². The molecule has 0 aliphatic carbocycles. The Hall–Kier alpha value is -0.810. The molecule has 3 aliphatic heterocycles. The summed E-state index contributed by atoms with van der Waals surface area (Å²) in [6, 6.07) is 0.714. The van der Waals surface area contributed by atoms with E-state index in [1.165, 1.54) is 12.8 Å². The molecule has 0 radical (unpaired) electrons. The van der Waals surface area contributed by atoms with Crippen LogP contribution in [0.1, 0.15) is 32.1 Å². The van der Waals surface area contributed by atoms with Crippen molar-refractivity contribution in [1.82, 2.24) is 15.1 Å². The Morgan fingerprint density at radius 3 is 2.79 bits per heavy atom. The maximum absolute atomic E-state index is 12.4. The number of nitrogens with one attached hydrogen (secondary N) is 1. The molecule has 3 rings (SSSR count). The summed E-state index contributed by atoms with van der Waals surface area (Å²) in [4.78, 5) is 16.5. The van der Waals surface area contributed by atoms with Crippen molar-refractivity contribution in [1.29, 1.82) is 0 Å². The zero-order valence-electron chi connectivity index (χ0n) is 11.6. The van der Waals surface area contributed by atoms with Crippen LogP contribution in [0.3, 0.4) is 0 Å². The molecule has 0 aromatic heterocycles. The molecule has 3 aliphatic rings. The lowest BCUT2D eigenvalue weighted by Gasteiger charge is -2.31. The minimum absolute atomic E-state index is 0.255. The van der Waals surface area contributed by atoms with E-state index in [1.807, 2.05) is 4.90 Å². The van der Waals surface area contributed by atoms with E-state index in [1.54, 1.807) is 0 Å². The van der Waals surface area contributed by atoms with Crippen LogP contribution in [-0.4, -0.2) is 67.3 Å². The van der Waals surface area contributed by atoms with Gasteiger partial charge in [0.15, 0.2) is 0 Å². The summed E-state index contributed by atoms with van der Waals surface area (Å²) in [5.74, 6) is 0. The fraction of sp³-hybridized carbons (Fsp3) is 0.929. The number of rotatable bonds is 4. The van der Waals surface area contributed by atoms with E-state index in [9.17, 15) is 4.79 Å². The van der Waals surface area contributed by atoms with Crippen LogP contribution in [0.15, 0.2) is 0 Å². The van der Waals surface area contributed by atoms with Gasteiger partial charge in [-0.15, -0.1) is 0 Å². The van der Waals surface area contributed by atoms with Gasteiger partial charge in [-0.2, -0.15) is 0 Å². The first-order valence-corrected chi connectivity index (χ1v) is 7.72. The first-order valence-electron chi connectivity index (χ1n) is 7.72. The maximum Gasteiger partial charge on any atom is 0.320 e. The number of piperidine rings is 1. The number of hydrogen-bond acceptors (Lipinski definition) is 3. The lowest BCUT2D eigenvalue weighted by molar-refractivity contribution is 0.0961. The quantitative estimate of drug-likeness (QED) is 0.828. The van der Waals surface area contributed by atoms with E-state index in [0.717, 1.165) is 58.6 Å². The molecule has 2 amide bonds. The van der Waals surface area contributed by atoms with Crippen LogP contribution >= 0.6 is 0 Å². The van der Waals surface area contributed by atoms with Gasteiger partial charge in [0.05, 0.1) is 6.10 Å². The molecule has 3 fully saturated rings. The number of hydrogen-bond donors (Lipinski definition) is 1. The first kappa shape index (κ1) is 13.2. The lowest BCUT2D eigenvalue weighted by atomic mass is 10.1. The average molecular weight is 267 g/mol. The molecule has 3 saturated heterocycles. The molecule has 5 nitrogen and oxygen atoms in total. The molecule has 1 N–H and O–H groups in total. The van der Waals surface area contributed by atoms with Crippen molar-refractivity contribution < 1.29 is 9.53 Å². The maximum atomic E-state index is 12.4. The smallest absolute Gasteiger partial charge is 0.320 e. The number of urea groups is 1. The van der Waals surface area contributed by atoms with Crippen molar-refractivity contribution in [3.63, 3.8) is 0 Å². The van der Waals surface area contributed by atoms with Crippen LogP contribution in [-0.2, 0) is 4.74 Å². The van der Waals surface area contributed by atoms with Gasteiger partial charge < -0.3 is 19.9 Å². The summed E-state index contributed by atoms with van der Waals surface area (Å²) in [5, 5.41) is 3.36. The monoisotopic (exact) mass is 267 g/mol. The Morgan fingerprint density at radius 1 is 1.21 bits per heavy atom. The summed E-state index contributed by atoms with van der Waals surface area (Å²) < 4.78 is 5.63. The molecule has 0 aromatic rings. The van der Waals surface area contributed by atoms with Crippen molar-refractivity contribution in [2.75, 3.05) is 39.3 Å². The van der Waals surface area contributed by atoms with E-state index in [-0.39, 0.29) is 6.03 Å². The van der Waals surface area contributed by atoms with Gasteiger partial charge in [-0.1, -0.05) is 0 Å². The lowest BCUT2D eigenvalue weighted by Crippen LogP contribution is -2.45. The third-order valence-corrected chi connectivity index (χ3v) is 4.62. The van der Waals surface area contributed by atoms with Gasteiger partial charge >= 0.3 is 6.03 Å². The number of carbonyl (C=O) groups is 1. The minimum Gasteiger partial charge on any atom is -0.378 e. The molecule has 5 heteroatoms. The number of carbonyl (C=O) groups excluding carboxylic acids is 1. The molecule has 0 saturated carbocycles. The van der Waals surface area contributed by atoms with Gasteiger partial charge in [-0.25, -0.2) is 4.79 Å². The molecule has 3 heterocycles. The van der Waals surface area contributed by atoms with Crippen molar-refractivity contribution in [3.05, 3.63) is 0 Å². The van der Waals surface area contributed by atoms with Gasteiger partial charge in [0, 0.05) is 32.3 Å². The molecule has 1 unspecified atom stereocenters. The van der Waals surface area contributed by atoms with Crippen LogP contribution in [0.4, 0.5) is 4.79 Å². The van der Waals surface area contributed by atoms with Crippen LogP contribution in [0.2, 0.25) is 0 Å². The summed E-state index contributed by atoms with van der Waals surface area (Å²) in [5.41, 5.74) is 0. The van der Waals surface area contributed by atoms with E-state index >= 15 is 0 Å². The van der Waals surface area contributed by atoms with Gasteiger partial charge in [0.2, 0.25) is 0 Å². The zero-order chi connectivity index (χ0) is 13.1. The van der Waals surface area contributed by atoms with Crippen molar-refractivity contribution in [2.24, 2.45) is 0 Å². The van der Waals surface area contributed by atoms with E-state index < -0.39 is 0 Å². The topological polar surface area (TPSA) is 44.8 Å². The highest BCUT2D eigenvalue weighted by atomic mass is 16.5. The minimum atomic E-state index is 0.255. The van der Waals surface area contributed by atoms with Gasteiger partial charge in [0.1, 0.15) is 0 Å². The molecule has 19 heavy (non-hydrogen) atoms. The van der Waals surface area contributed by atoms with Crippen LogP contribution in [0.5, 0.6) is 0 Å². The van der Waals surface area contributed by atoms with Crippen molar-refractivity contribution in [3.8, 4) is 0 Å². The third-order valence-electron chi connectivity index (χ3n) is 4.62. The Morgan fingerprint density at radius 2 is 2.05 bits per heavy atom. The molecule has 0 bridgehead atoms. The molecule has 0 aromatic carbocycles. The second-order valence-corrected chi connectivity index (χ2v) is 5.87. The largest absolute Gasteiger partial charge is 0.378 e. The highest BCUT2D eigenvalue weighted by Crippen LogP contribution is 2.21. The van der Waals surface area contributed by atoms with Crippen LogP contribution in [0.25, 0.3) is 0 Å². The van der Waals surface area contributed by atoms with Crippen LogP contribution < -0.4 is 5.32 Å². The normalized spacial score (nSPS) is 29.5. The standard InChI is InChI=1S/C14H25N3O2/c18-14-16(8-5-13-2-1-11-19-13)9-10-17(14)12-3-6-15-7-4-12/h12-13,15H,1-11H2. The number of ether oxygens (including phenoxy) is 1. The predicted molar refractivity (Wildman–Crippen MR) is 73.2 cm³/mol. The molecule has 1 atom stereocenters. The second kappa shape index (κ2) is 6.09. The molecular formula is C14H25N3O2. The Balaban J connectivity index is 1.47. The van der Waals surface area contributed by atoms with E-state index in [2.05, 4.69) is 10.2 Å². The summed E-state index contributed by atoms with van der Waals surface area (Å²) in [6.07, 6.45) is 5.95. The van der Waals surface area contributed by atoms with Gasteiger partial charge in [-0.3, -0.25) is 0 Å². The number of amides is 2. The van der Waals surface area contributed by atoms with E-state index in [0.29, 0.717) is 12.1 Å². The molecule has 0 spiro atoms. The Labute approximate surface area is 115 Å². The molecular weight excluding hydrogens is 242 g/mol. The Kier molecular flexibility index (Phi) is 4.23.